The van der Waals surface area contributed by atoms with Gasteiger partial charge in [0.2, 0.25) is 11.8 Å². The molecule has 0 radical (unpaired) electrons. The third-order valence-corrected chi connectivity index (χ3v) is 4.79. The predicted molar refractivity (Wildman–Crippen MR) is 86.9 cm³/mol. The molecule has 2 aliphatic rings. The number of hydrogen-bond donors (Lipinski definition) is 2. The van der Waals surface area contributed by atoms with E-state index in [1.165, 1.54) is 9.80 Å². The van der Waals surface area contributed by atoms with Crippen LogP contribution in [0.4, 0.5) is 13.2 Å². The first-order valence-electron chi connectivity index (χ1n) is 8.80. The van der Waals surface area contributed by atoms with Crippen LogP contribution < -0.4 is 10.6 Å². The largest absolute Gasteiger partial charge is 0.405 e. The van der Waals surface area contributed by atoms with E-state index in [4.69, 9.17) is 0 Å². The summed E-state index contributed by atoms with van der Waals surface area (Å²) < 4.78 is 40.2. The molecule has 2 saturated heterocycles. The molecule has 144 valence electrons. The van der Waals surface area contributed by atoms with Crippen molar-refractivity contribution in [2.24, 2.45) is 5.92 Å². The molecule has 2 amide bonds. The lowest BCUT2D eigenvalue weighted by atomic mass is 10.0. The minimum Gasteiger partial charge on any atom is -0.352 e. The maximum absolute atomic E-state index is 13.4. The summed E-state index contributed by atoms with van der Waals surface area (Å²) in [5, 5.41) is 5.47. The predicted octanol–water partition coefficient (Wildman–Crippen LogP) is 0.586. The van der Waals surface area contributed by atoms with Gasteiger partial charge < -0.3 is 15.5 Å². The summed E-state index contributed by atoms with van der Waals surface area (Å²) in [5.74, 6) is -0.775. The highest BCUT2D eigenvalue weighted by Crippen LogP contribution is 2.25. The van der Waals surface area contributed by atoms with Gasteiger partial charge >= 0.3 is 6.18 Å². The Morgan fingerprint density at radius 1 is 1.24 bits per heavy atom. The van der Waals surface area contributed by atoms with Crippen molar-refractivity contribution in [3.63, 3.8) is 0 Å². The first-order chi connectivity index (χ1) is 11.7. The number of nitrogens with one attached hydrogen (secondary N) is 2. The first kappa shape index (κ1) is 20.0. The summed E-state index contributed by atoms with van der Waals surface area (Å²) in [6.45, 7) is 5.16. The molecule has 2 atom stereocenters. The second-order valence-electron chi connectivity index (χ2n) is 6.97. The average Bonchev–Trinajstić information content (AvgIpc) is 2.93. The van der Waals surface area contributed by atoms with Gasteiger partial charge in [0, 0.05) is 45.7 Å². The zero-order valence-corrected chi connectivity index (χ0v) is 14.7. The second-order valence-corrected chi connectivity index (χ2v) is 6.97. The Hall–Kier alpha value is -1.35. The van der Waals surface area contributed by atoms with E-state index in [1.807, 2.05) is 0 Å². The van der Waals surface area contributed by atoms with Crippen LogP contribution in [-0.2, 0) is 9.59 Å². The number of nitrogens with zero attached hydrogens (tertiary/aromatic N) is 2. The molecule has 0 bridgehead atoms. The van der Waals surface area contributed by atoms with Crippen molar-refractivity contribution >= 4 is 11.8 Å². The van der Waals surface area contributed by atoms with Gasteiger partial charge in [-0.15, -0.1) is 0 Å². The van der Waals surface area contributed by atoms with Crippen molar-refractivity contribution < 1.29 is 22.8 Å². The van der Waals surface area contributed by atoms with E-state index in [9.17, 15) is 22.8 Å². The van der Waals surface area contributed by atoms with E-state index in [0.717, 1.165) is 0 Å². The fourth-order valence-electron chi connectivity index (χ4n) is 3.51. The minimum absolute atomic E-state index is 0.108. The lowest BCUT2D eigenvalue weighted by molar-refractivity contribution is -0.184. The molecule has 2 unspecified atom stereocenters. The van der Waals surface area contributed by atoms with Crippen LogP contribution in [0, 0.1) is 5.92 Å². The molecule has 0 saturated carbocycles. The van der Waals surface area contributed by atoms with Gasteiger partial charge in [0.15, 0.2) is 0 Å². The third kappa shape index (κ3) is 5.07. The molecule has 6 nitrogen and oxygen atoms in total. The normalized spacial score (nSPS) is 22.3. The molecular weight excluding hydrogens is 337 g/mol. The Balaban J connectivity index is 2.02. The van der Waals surface area contributed by atoms with Crippen LogP contribution in [-0.4, -0.2) is 79.1 Å². The topological polar surface area (TPSA) is 64.7 Å². The fraction of sp³-hybridized carbons (Fsp3) is 0.875. The van der Waals surface area contributed by atoms with Gasteiger partial charge in [-0.3, -0.25) is 14.5 Å². The smallest absolute Gasteiger partial charge is 0.352 e. The second kappa shape index (κ2) is 8.35. The van der Waals surface area contributed by atoms with E-state index in [2.05, 4.69) is 10.6 Å². The van der Waals surface area contributed by atoms with Crippen LogP contribution in [0.3, 0.4) is 0 Å². The van der Waals surface area contributed by atoms with Crippen LogP contribution in [0.5, 0.6) is 0 Å². The quantitative estimate of drug-likeness (QED) is 0.724. The molecule has 2 heterocycles. The molecule has 2 fully saturated rings. The molecule has 0 aromatic carbocycles. The molecule has 0 aromatic rings. The Bertz CT molecular complexity index is 478. The molecule has 25 heavy (non-hydrogen) atoms. The lowest BCUT2D eigenvalue weighted by Crippen LogP contribution is -2.59. The van der Waals surface area contributed by atoms with Crippen LogP contribution in [0.2, 0.25) is 0 Å². The highest BCUT2D eigenvalue weighted by molar-refractivity contribution is 5.88. The maximum atomic E-state index is 13.4. The Labute approximate surface area is 146 Å². The van der Waals surface area contributed by atoms with Gasteiger partial charge in [-0.1, -0.05) is 13.8 Å². The molecule has 0 aliphatic carbocycles. The molecule has 9 heteroatoms. The minimum atomic E-state index is -4.42. The van der Waals surface area contributed by atoms with Gasteiger partial charge in [-0.25, -0.2) is 0 Å². The SMILES string of the molecule is CC(C)C(C(=O)NCC(N1CCNCC1)C(F)(F)F)N1CCCC1=O. The third-order valence-electron chi connectivity index (χ3n) is 4.79. The van der Waals surface area contributed by atoms with Crippen molar-refractivity contribution in [2.45, 2.75) is 44.9 Å². The number of rotatable bonds is 6. The monoisotopic (exact) mass is 364 g/mol. The highest BCUT2D eigenvalue weighted by atomic mass is 19.4. The van der Waals surface area contributed by atoms with Gasteiger partial charge in [0.25, 0.3) is 0 Å². The Morgan fingerprint density at radius 3 is 2.36 bits per heavy atom. The summed E-state index contributed by atoms with van der Waals surface area (Å²) in [6.07, 6.45) is -3.34. The number of alkyl halides is 3. The van der Waals surface area contributed by atoms with Crippen molar-refractivity contribution in [1.82, 2.24) is 20.4 Å². The summed E-state index contributed by atoms with van der Waals surface area (Å²) in [6, 6.07) is -2.42. The van der Waals surface area contributed by atoms with Gasteiger partial charge in [0.05, 0.1) is 0 Å². The standard InChI is InChI=1S/C16H27F3N4O2/c1-11(2)14(23-7-3-4-13(23)24)15(25)21-10-12(16(17,18)19)22-8-5-20-6-9-22/h11-12,14,20H,3-10H2,1-2H3,(H,21,25). The fourth-order valence-corrected chi connectivity index (χ4v) is 3.51. The number of halogens is 3. The van der Waals surface area contributed by atoms with Crippen molar-refractivity contribution in [2.75, 3.05) is 39.3 Å². The Morgan fingerprint density at radius 2 is 1.88 bits per heavy atom. The molecule has 2 rings (SSSR count). The lowest BCUT2D eigenvalue weighted by Gasteiger charge is -2.36. The summed E-state index contributed by atoms with van der Waals surface area (Å²) in [7, 11) is 0. The van der Waals surface area contributed by atoms with Crippen LogP contribution in [0.25, 0.3) is 0 Å². The van der Waals surface area contributed by atoms with E-state index in [-0.39, 0.29) is 24.9 Å². The zero-order chi connectivity index (χ0) is 18.6. The van der Waals surface area contributed by atoms with Gasteiger partial charge in [-0.2, -0.15) is 13.2 Å². The van der Waals surface area contributed by atoms with Crippen molar-refractivity contribution in [1.29, 1.82) is 0 Å². The number of carbonyl (C=O) groups is 2. The molecule has 2 N–H and O–H groups in total. The van der Waals surface area contributed by atoms with E-state index in [1.54, 1.807) is 13.8 Å². The van der Waals surface area contributed by atoms with Crippen LogP contribution in [0.15, 0.2) is 0 Å². The molecule has 0 aromatic heterocycles. The van der Waals surface area contributed by atoms with E-state index in [0.29, 0.717) is 32.5 Å². The van der Waals surface area contributed by atoms with Gasteiger partial charge in [0.1, 0.15) is 12.1 Å². The molecular formula is C16H27F3N4O2. The average molecular weight is 364 g/mol. The Kier molecular flexibility index (Phi) is 6.67. The molecule has 2 aliphatic heterocycles. The summed E-state index contributed by atoms with van der Waals surface area (Å²) >= 11 is 0. The number of hydrogen-bond acceptors (Lipinski definition) is 4. The summed E-state index contributed by atoms with van der Waals surface area (Å²) in [4.78, 5) is 27.3. The molecule has 0 spiro atoms. The van der Waals surface area contributed by atoms with Crippen LogP contribution in [0.1, 0.15) is 26.7 Å². The summed E-state index contributed by atoms with van der Waals surface area (Å²) in [5.41, 5.74) is 0. The number of piperazine rings is 1. The van der Waals surface area contributed by atoms with E-state index >= 15 is 0 Å². The first-order valence-corrected chi connectivity index (χ1v) is 8.80. The zero-order valence-electron chi connectivity index (χ0n) is 14.7. The number of amides is 2. The van der Waals surface area contributed by atoms with Crippen LogP contribution >= 0.6 is 0 Å². The maximum Gasteiger partial charge on any atom is 0.405 e. The highest BCUT2D eigenvalue weighted by Gasteiger charge is 2.44. The number of carbonyl (C=O) groups excluding carboxylic acids is 2. The number of likely N-dealkylation sites (tertiary alicyclic amines) is 1. The van der Waals surface area contributed by atoms with E-state index < -0.39 is 30.7 Å². The van der Waals surface area contributed by atoms with Crippen molar-refractivity contribution in [3.8, 4) is 0 Å². The van der Waals surface area contributed by atoms with Crippen molar-refractivity contribution in [3.05, 3.63) is 0 Å². The van der Waals surface area contributed by atoms with Gasteiger partial charge in [-0.05, 0) is 12.3 Å².